The summed E-state index contributed by atoms with van der Waals surface area (Å²) in [7, 11) is 0. The molecule has 2 rings (SSSR count). The van der Waals surface area contributed by atoms with Gasteiger partial charge in [0.15, 0.2) is 5.65 Å². The Morgan fingerprint density at radius 3 is 2.77 bits per heavy atom. The third kappa shape index (κ3) is 1.20. The first kappa shape index (κ1) is 8.23. The van der Waals surface area contributed by atoms with E-state index in [0.717, 1.165) is 0 Å². The molecule has 0 saturated heterocycles. The normalized spacial score (nSPS) is 10.2. The SMILES string of the molecule is N#Cc1[nH]nc2nc(Cl)nc(Cl)c12. The van der Waals surface area contributed by atoms with Gasteiger partial charge in [0.1, 0.15) is 16.9 Å². The Balaban J connectivity index is 2.92. The fraction of sp³-hybridized carbons (Fsp3) is 0. The van der Waals surface area contributed by atoms with Gasteiger partial charge in [-0.15, -0.1) is 0 Å². The Kier molecular flexibility index (Phi) is 1.79. The molecule has 0 unspecified atom stereocenters. The van der Waals surface area contributed by atoms with Crippen LogP contribution in [-0.4, -0.2) is 20.2 Å². The van der Waals surface area contributed by atoms with Crippen LogP contribution in [0.2, 0.25) is 10.4 Å². The topological polar surface area (TPSA) is 78.2 Å². The molecule has 0 aromatic carbocycles. The minimum Gasteiger partial charge on any atom is -0.265 e. The molecule has 0 bridgehead atoms. The molecule has 0 saturated carbocycles. The number of nitriles is 1. The molecular formula is C6HCl2N5. The minimum atomic E-state index is 0.00786. The van der Waals surface area contributed by atoms with E-state index in [2.05, 4.69) is 20.2 Å². The van der Waals surface area contributed by atoms with Crippen LogP contribution in [0.1, 0.15) is 5.69 Å². The molecule has 1 N–H and O–H groups in total. The van der Waals surface area contributed by atoms with Crippen molar-refractivity contribution in [3.8, 4) is 6.07 Å². The summed E-state index contributed by atoms with van der Waals surface area (Å²) in [6, 6.07) is 1.88. The summed E-state index contributed by atoms with van der Waals surface area (Å²) < 4.78 is 0. The lowest BCUT2D eigenvalue weighted by Gasteiger charge is -1.91. The fourth-order valence-corrected chi connectivity index (χ4v) is 1.41. The molecule has 5 nitrogen and oxygen atoms in total. The first-order chi connectivity index (χ1) is 6.22. The van der Waals surface area contributed by atoms with Crippen LogP contribution >= 0.6 is 23.2 Å². The molecule has 0 fully saturated rings. The van der Waals surface area contributed by atoms with Gasteiger partial charge in [-0.25, -0.2) is 4.98 Å². The molecule has 64 valence electrons. The number of halogens is 2. The van der Waals surface area contributed by atoms with Gasteiger partial charge in [0.05, 0.1) is 5.39 Å². The lowest BCUT2D eigenvalue weighted by atomic mass is 10.3. The Morgan fingerprint density at radius 2 is 2.08 bits per heavy atom. The van der Waals surface area contributed by atoms with Crippen molar-refractivity contribution in [1.29, 1.82) is 5.26 Å². The Hall–Kier alpha value is -1.38. The van der Waals surface area contributed by atoms with Crippen molar-refractivity contribution in [2.45, 2.75) is 0 Å². The monoisotopic (exact) mass is 213 g/mol. The van der Waals surface area contributed by atoms with E-state index in [4.69, 9.17) is 28.5 Å². The van der Waals surface area contributed by atoms with E-state index in [9.17, 15) is 0 Å². The van der Waals surface area contributed by atoms with Crippen LogP contribution < -0.4 is 0 Å². The van der Waals surface area contributed by atoms with Crippen LogP contribution in [0.15, 0.2) is 0 Å². The molecule has 0 aliphatic rings. The average molecular weight is 214 g/mol. The highest BCUT2D eigenvalue weighted by atomic mass is 35.5. The van der Waals surface area contributed by atoms with Crippen molar-refractivity contribution in [1.82, 2.24) is 20.2 Å². The number of nitrogens with zero attached hydrogens (tertiary/aromatic N) is 4. The molecular weight excluding hydrogens is 213 g/mol. The molecule has 0 atom stereocenters. The highest BCUT2D eigenvalue weighted by molar-refractivity contribution is 6.35. The van der Waals surface area contributed by atoms with Crippen molar-refractivity contribution < 1.29 is 0 Å². The lowest BCUT2D eigenvalue weighted by molar-refractivity contribution is 1.07. The molecule has 0 radical (unpaired) electrons. The smallest absolute Gasteiger partial charge is 0.225 e. The van der Waals surface area contributed by atoms with Gasteiger partial charge in [0.2, 0.25) is 5.28 Å². The molecule has 0 spiro atoms. The van der Waals surface area contributed by atoms with E-state index in [1.807, 2.05) is 6.07 Å². The zero-order valence-corrected chi connectivity index (χ0v) is 7.56. The summed E-state index contributed by atoms with van der Waals surface area (Å²) >= 11 is 11.3. The van der Waals surface area contributed by atoms with Crippen LogP contribution in [-0.2, 0) is 0 Å². The highest BCUT2D eigenvalue weighted by Gasteiger charge is 2.12. The molecule has 2 aromatic rings. The summed E-state index contributed by atoms with van der Waals surface area (Å²) in [5.41, 5.74) is 0.526. The van der Waals surface area contributed by atoms with E-state index >= 15 is 0 Å². The summed E-state index contributed by atoms with van der Waals surface area (Å²) in [4.78, 5) is 7.47. The first-order valence-electron chi connectivity index (χ1n) is 3.19. The van der Waals surface area contributed by atoms with Crippen LogP contribution in [0.25, 0.3) is 11.0 Å². The van der Waals surface area contributed by atoms with E-state index in [-0.39, 0.29) is 16.1 Å². The van der Waals surface area contributed by atoms with E-state index in [1.54, 1.807) is 0 Å². The standard InChI is InChI=1S/C6HCl2N5/c7-4-3-2(1-9)12-13-5(3)11-6(8)10-4/h(H,10,11,12,13). The molecule has 0 amide bonds. The van der Waals surface area contributed by atoms with Gasteiger partial charge in [0.25, 0.3) is 0 Å². The summed E-state index contributed by atoms with van der Waals surface area (Å²) in [6.07, 6.45) is 0. The molecule has 0 aliphatic carbocycles. The van der Waals surface area contributed by atoms with Crippen LogP contribution in [0.5, 0.6) is 0 Å². The second kappa shape index (κ2) is 2.83. The van der Waals surface area contributed by atoms with Crippen molar-refractivity contribution in [2.24, 2.45) is 0 Å². The third-order valence-electron chi connectivity index (χ3n) is 1.45. The van der Waals surface area contributed by atoms with Crippen molar-refractivity contribution >= 4 is 34.2 Å². The number of fused-ring (bicyclic) bond motifs is 1. The fourth-order valence-electron chi connectivity index (χ4n) is 0.939. The highest BCUT2D eigenvalue weighted by Crippen LogP contribution is 2.22. The first-order valence-corrected chi connectivity index (χ1v) is 3.95. The molecule has 13 heavy (non-hydrogen) atoms. The number of rotatable bonds is 0. The Bertz CT molecular complexity index is 511. The van der Waals surface area contributed by atoms with Crippen molar-refractivity contribution in [2.75, 3.05) is 0 Å². The average Bonchev–Trinajstić information content (AvgIpc) is 2.47. The molecule has 2 heterocycles. The van der Waals surface area contributed by atoms with E-state index in [1.165, 1.54) is 0 Å². The zero-order valence-electron chi connectivity index (χ0n) is 6.04. The quantitative estimate of drug-likeness (QED) is 0.532. The van der Waals surface area contributed by atoms with E-state index < -0.39 is 0 Å². The summed E-state index contributed by atoms with van der Waals surface area (Å²) in [6.45, 7) is 0. The number of nitrogens with one attached hydrogen (secondary N) is 1. The molecule has 0 aliphatic heterocycles. The van der Waals surface area contributed by atoms with Crippen LogP contribution in [0, 0.1) is 11.3 Å². The Morgan fingerprint density at radius 1 is 1.31 bits per heavy atom. The number of hydrogen-bond acceptors (Lipinski definition) is 4. The summed E-state index contributed by atoms with van der Waals surface area (Å²) in [5.74, 6) is 0. The van der Waals surface area contributed by atoms with Crippen LogP contribution in [0.4, 0.5) is 0 Å². The van der Waals surface area contributed by atoms with Gasteiger partial charge in [-0.05, 0) is 11.6 Å². The molecule has 2 aromatic heterocycles. The predicted molar refractivity (Wildman–Crippen MR) is 46.4 cm³/mol. The second-order valence-electron chi connectivity index (χ2n) is 2.19. The van der Waals surface area contributed by atoms with Gasteiger partial charge in [-0.1, -0.05) is 11.6 Å². The maximum absolute atomic E-state index is 8.65. The lowest BCUT2D eigenvalue weighted by Crippen LogP contribution is -1.85. The Labute approximate surface area is 82.3 Å². The van der Waals surface area contributed by atoms with Gasteiger partial charge >= 0.3 is 0 Å². The van der Waals surface area contributed by atoms with Gasteiger partial charge < -0.3 is 0 Å². The molecule has 7 heteroatoms. The maximum atomic E-state index is 8.65. The van der Waals surface area contributed by atoms with Crippen molar-refractivity contribution in [3.63, 3.8) is 0 Å². The minimum absolute atomic E-state index is 0.00786. The number of H-pyrrole nitrogens is 1. The van der Waals surface area contributed by atoms with Crippen LogP contribution in [0.3, 0.4) is 0 Å². The van der Waals surface area contributed by atoms with Crippen molar-refractivity contribution in [3.05, 3.63) is 16.1 Å². The maximum Gasteiger partial charge on any atom is 0.225 e. The summed E-state index contributed by atoms with van der Waals surface area (Å²) in [5, 5.41) is 15.4. The van der Waals surface area contributed by atoms with E-state index in [0.29, 0.717) is 11.0 Å². The third-order valence-corrected chi connectivity index (χ3v) is 1.90. The number of hydrogen-bond donors (Lipinski definition) is 1. The predicted octanol–water partition coefficient (Wildman–Crippen LogP) is 1.53. The number of aromatic nitrogens is 4. The van der Waals surface area contributed by atoms with Gasteiger partial charge in [-0.2, -0.15) is 15.3 Å². The van der Waals surface area contributed by atoms with Gasteiger partial charge in [-0.3, -0.25) is 5.10 Å². The second-order valence-corrected chi connectivity index (χ2v) is 2.89. The zero-order chi connectivity index (χ0) is 9.42. The number of aromatic amines is 1. The largest absolute Gasteiger partial charge is 0.265 e. The van der Waals surface area contributed by atoms with Gasteiger partial charge in [0, 0.05) is 0 Å².